The molecule has 1 aliphatic heterocycles. The highest BCUT2D eigenvalue weighted by Crippen LogP contribution is 2.18. The summed E-state index contributed by atoms with van der Waals surface area (Å²) in [5.74, 6) is 0.578. The first-order valence-electron chi connectivity index (χ1n) is 8.71. The molecular weight excluding hydrogens is 320 g/mol. The summed E-state index contributed by atoms with van der Waals surface area (Å²) in [6, 6.07) is 7.54. The number of methoxy groups -OCH3 is 1. The predicted molar refractivity (Wildman–Crippen MR) is 93.2 cm³/mol. The van der Waals surface area contributed by atoms with Crippen molar-refractivity contribution < 1.29 is 14.3 Å². The van der Waals surface area contributed by atoms with E-state index in [2.05, 4.69) is 22.6 Å². The minimum atomic E-state index is -0.196. The van der Waals surface area contributed by atoms with Crippen LogP contribution in [0.5, 0.6) is 5.75 Å². The highest BCUT2D eigenvalue weighted by molar-refractivity contribution is 5.93. The topological polar surface area (TPSA) is 78.3 Å². The second-order valence-corrected chi connectivity index (χ2v) is 6.09. The lowest BCUT2D eigenvalue weighted by atomic mass is 10.2. The molecule has 1 aromatic carbocycles. The van der Waals surface area contributed by atoms with E-state index in [-0.39, 0.29) is 12.0 Å². The van der Waals surface area contributed by atoms with Gasteiger partial charge in [-0.3, -0.25) is 4.79 Å². The van der Waals surface area contributed by atoms with Gasteiger partial charge in [0.15, 0.2) is 5.69 Å². The zero-order valence-electron chi connectivity index (χ0n) is 14.7. The van der Waals surface area contributed by atoms with Crippen molar-refractivity contribution in [2.75, 3.05) is 20.3 Å². The van der Waals surface area contributed by atoms with Crippen molar-refractivity contribution in [3.63, 3.8) is 0 Å². The molecule has 1 fully saturated rings. The monoisotopic (exact) mass is 344 g/mol. The van der Waals surface area contributed by atoms with E-state index in [0.717, 1.165) is 49.4 Å². The first-order chi connectivity index (χ1) is 12.2. The zero-order valence-corrected chi connectivity index (χ0v) is 14.7. The third kappa shape index (κ3) is 3.99. The number of amides is 1. The number of carbonyl (C=O) groups excluding carboxylic acids is 1. The normalized spacial score (nSPS) is 16.8. The summed E-state index contributed by atoms with van der Waals surface area (Å²) >= 11 is 0. The lowest BCUT2D eigenvalue weighted by Gasteiger charge is -2.11. The van der Waals surface area contributed by atoms with Crippen molar-refractivity contribution in [2.24, 2.45) is 0 Å². The molecule has 2 aromatic rings. The second kappa shape index (κ2) is 8.11. The first-order valence-corrected chi connectivity index (χ1v) is 8.71. The number of hydrogen-bond acceptors (Lipinski definition) is 5. The van der Waals surface area contributed by atoms with Gasteiger partial charge >= 0.3 is 0 Å². The zero-order chi connectivity index (χ0) is 17.6. The Kier molecular flexibility index (Phi) is 5.65. The number of nitrogens with zero attached hydrogens (tertiary/aromatic N) is 3. The van der Waals surface area contributed by atoms with Crippen LogP contribution in [-0.2, 0) is 11.2 Å². The molecule has 1 amide bonds. The van der Waals surface area contributed by atoms with Crippen molar-refractivity contribution >= 4 is 5.91 Å². The maximum Gasteiger partial charge on any atom is 0.273 e. The van der Waals surface area contributed by atoms with E-state index in [1.807, 2.05) is 24.3 Å². The number of rotatable bonds is 7. The molecule has 0 saturated carbocycles. The maximum atomic E-state index is 12.5. The van der Waals surface area contributed by atoms with E-state index in [4.69, 9.17) is 9.47 Å². The molecule has 0 aliphatic carbocycles. The molecule has 0 bridgehead atoms. The summed E-state index contributed by atoms with van der Waals surface area (Å²) in [7, 11) is 1.63. The highest BCUT2D eigenvalue weighted by Gasteiger charge is 2.22. The van der Waals surface area contributed by atoms with Gasteiger partial charge in [0.25, 0.3) is 5.91 Å². The third-order valence-corrected chi connectivity index (χ3v) is 4.30. The molecule has 0 radical (unpaired) electrons. The number of aromatic nitrogens is 3. The summed E-state index contributed by atoms with van der Waals surface area (Å²) in [6.07, 6.45) is 3.77. The predicted octanol–water partition coefficient (Wildman–Crippen LogP) is 2.14. The van der Waals surface area contributed by atoms with Gasteiger partial charge in [-0.2, -0.15) is 0 Å². The number of carbonyl (C=O) groups is 1. The average molecular weight is 344 g/mol. The fourth-order valence-corrected chi connectivity index (χ4v) is 2.97. The van der Waals surface area contributed by atoms with E-state index in [0.29, 0.717) is 12.2 Å². The Labute approximate surface area is 147 Å². The Bertz CT molecular complexity index is 706. The second-order valence-electron chi connectivity index (χ2n) is 6.09. The van der Waals surface area contributed by atoms with Gasteiger partial charge in [0, 0.05) is 13.2 Å². The summed E-state index contributed by atoms with van der Waals surface area (Å²) in [4.78, 5) is 12.5. The minimum absolute atomic E-state index is 0.107. The van der Waals surface area contributed by atoms with Crippen molar-refractivity contribution in [3.8, 4) is 11.4 Å². The van der Waals surface area contributed by atoms with E-state index in [1.54, 1.807) is 11.8 Å². The van der Waals surface area contributed by atoms with Crippen LogP contribution in [0.2, 0.25) is 0 Å². The van der Waals surface area contributed by atoms with E-state index >= 15 is 0 Å². The van der Waals surface area contributed by atoms with Crippen LogP contribution in [0.4, 0.5) is 0 Å². The van der Waals surface area contributed by atoms with Gasteiger partial charge in [-0.05, 0) is 43.5 Å². The molecular formula is C18H24N4O3. The van der Waals surface area contributed by atoms with Crippen LogP contribution in [-0.4, -0.2) is 47.3 Å². The molecule has 1 aromatic heterocycles. The van der Waals surface area contributed by atoms with Gasteiger partial charge in [-0.25, -0.2) is 4.68 Å². The lowest BCUT2D eigenvalue weighted by molar-refractivity contribution is 0.0853. The van der Waals surface area contributed by atoms with Crippen LogP contribution >= 0.6 is 0 Å². The van der Waals surface area contributed by atoms with Crippen LogP contribution in [0.25, 0.3) is 5.69 Å². The molecule has 25 heavy (non-hydrogen) atoms. The van der Waals surface area contributed by atoms with Crippen LogP contribution in [0.3, 0.4) is 0 Å². The molecule has 134 valence electrons. The van der Waals surface area contributed by atoms with Gasteiger partial charge in [-0.1, -0.05) is 18.6 Å². The van der Waals surface area contributed by atoms with Crippen molar-refractivity contribution in [1.29, 1.82) is 0 Å². The third-order valence-electron chi connectivity index (χ3n) is 4.30. The molecule has 3 rings (SSSR count). The quantitative estimate of drug-likeness (QED) is 0.832. The molecule has 1 aliphatic rings. The number of benzene rings is 1. The highest BCUT2D eigenvalue weighted by atomic mass is 16.5. The van der Waals surface area contributed by atoms with E-state index < -0.39 is 0 Å². The van der Waals surface area contributed by atoms with Gasteiger partial charge < -0.3 is 14.8 Å². The Balaban J connectivity index is 1.79. The number of ether oxygens (including phenoxy) is 2. The largest absolute Gasteiger partial charge is 0.497 e. The van der Waals surface area contributed by atoms with Crippen molar-refractivity contribution in [3.05, 3.63) is 35.7 Å². The summed E-state index contributed by atoms with van der Waals surface area (Å²) in [5, 5.41) is 11.2. The summed E-state index contributed by atoms with van der Waals surface area (Å²) < 4.78 is 12.5. The SMILES string of the molecule is CCCc1c(C(=O)NC[C@H]2CCCO2)nnn1-c1ccc(OC)cc1. The van der Waals surface area contributed by atoms with Crippen LogP contribution in [0, 0.1) is 0 Å². The summed E-state index contributed by atoms with van der Waals surface area (Å²) in [5.41, 5.74) is 2.06. The lowest BCUT2D eigenvalue weighted by Crippen LogP contribution is -2.32. The van der Waals surface area contributed by atoms with Gasteiger partial charge in [-0.15, -0.1) is 5.10 Å². The van der Waals surface area contributed by atoms with Gasteiger partial charge in [0.2, 0.25) is 0 Å². The molecule has 7 heteroatoms. The Hall–Kier alpha value is -2.41. The minimum Gasteiger partial charge on any atom is -0.497 e. The number of nitrogens with one attached hydrogen (secondary N) is 1. The van der Waals surface area contributed by atoms with Gasteiger partial charge in [0.05, 0.1) is 24.6 Å². The first kappa shape index (κ1) is 17.4. The Morgan fingerprint density at radius 3 is 2.84 bits per heavy atom. The fourth-order valence-electron chi connectivity index (χ4n) is 2.97. The standard InChI is InChI=1S/C18H24N4O3/c1-3-5-16-17(18(23)19-12-15-6-4-11-25-15)20-21-22(16)13-7-9-14(24-2)10-8-13/h7-10,15H,3-6,11-12H2,1-2H3,(H,19,23)/t15-/m1/s1. The fraction of sp³-hybridized carbons (Fsp3) is 0.500. The van der Waals surface area contributed by atoms with E-state index in [9.17, 15) is 4.79 Å². The summed E-state index contributed by atoms with van der Waals surface area (Å²) in [6.45, 7) is 3.36. The molecule has 1 saturated heterocycles. The molecule has 0 unspecified atom stereocenters. The van der Waals surface area contributed by atoms with Crippen molar-refractivity contribution in [2.45, 2.75) is 38.7 Å². The Morgan fingerprint density at radius 2 is 2.20 bits per heavy atom. The van der Waals surface area contributed by atoms with Gasteiger partial charge in [0.1, 0.15) is 5.75 Å². The maximum absolute atomic E-state index is 12.5. The van der Waals surface area contributed by atoms with Crippen LogP contribution in [0.15, 0.2) is 24.3 Å². The molecule has 1 N–H and O–H groups in total. The average Bonchev–Trinajstić information content (AvgIpc) is 3.30. The smallest absolute Gasteiger partial charge is 0.273 e. The molecule has 2 heterocycles. The molecule has 7 nitrogen and oxygen atoms in total. The van der Waals surface area contributed by atoms with E-state index in [1.165, 1.54) is 0 Å². The number of hydrogen-bond donors (Lipinski definition) is 1. The van der Waals surface area contributed by atoms with Crippen LogP contribution in [0.1, 0.15) is 42.4 Å². The Morgan fingerprint density at radius 1 is 1.40 bits per heavy atom. The van der Waals surface area contributed by atoms with Crippen molar-refractivity contribution in [1.82, 2.24) is 20.3 Å². The molecule has 1 atom stereocenters. The molecule has 0 spiro atoms. The van der Waals surface area contributed by atoms with Crippen LogP contribution < -0.4 is 10.1 Å².